The largest absolute Gasteiger partial charge is 0.390 e. The van der Waals surface area contributed by atoms with Crippen LogP contribution in [0, 0.1) is 13.8 Å². The summed E-state index contributed by atoms with van der Waals surface area (Å²) in [5.74, 6) is 0.871. The molecule has 1 aliphatic rings. The van der Waals surface area contributed by atoms with E-state index in [1.165, 1.54) is 0 Å². The molecule has 3 heterocycles. The average molecular weight is 261 g/mol. The summed E-state index contributed by atoms with van der Waals surface area (Å²) < 4.78 is 9.43. The average Bonchev–Trinajstić information content (AvgIpc) is 3.09. The van der Waals surface area contributed by atoms with E-state index >= 15 is 0 Å². The number of hydrogen-bond donors (Lipinski definition) is 1. The standard InChI is InChI=1S/C14H19N3O2/c1-10-3-4-11(2)16(10)14-7-13(8-18)17(15-14)12-5-6-19-9-12/h3-4,7,12,18H,5-6,8-9H2,1-2H3/t12-/m0/s1. The molecule has 0 aliphatic carbocycles. The zero-order valence-electron chi connectivity index (χ0n) is 11.3. The van der Waals surface area contributed by atoms with Gasteiger partial charge >= 0.3 is 0 Å². The van der Waals surface area contributed by atoms with E-state index in [0.717, 1.165) is 35.9 Å². The van der Waals surface area contributed by atoms with Gasteiger partial charge in [-0.25, -0.2) is 0 Å². The van der Waals surface area contributed by atoms with Crippen molar-refractivity contribution in [3.05, 3.63) is 35.3 Å². The summed E-state index contributed by atoms with van der Waals surface area (Å²) in [6, 6.07) is 6.35. The molecule has 1 saturated heterocycles. The van der Waals surface area contributed by atoms with Gasteiger partial charge in [0.1, 0.15) is 0 Å². The van der Waals surface area contributed by atoms with Gasteiger partial charge in [-0.15, -0.1) is 0 Å². The van der Waals surface area contributed by atoms with Gasteiger partial charge in [0.25, 0.3) is 0 Å². The normalized spacial score (nSPS) is 19.2. The fourth-order valence-electron chi connectivity index (χ4n) is 2.71. The van der Waals surface area contributed by atoms with Crippen molar-refractivity contribution >= 4 is 0 Å². The van der Waals surface area contributed by atoms with Crippen LogP contribution >= 0.6 is 0 Å². The van der Waals surface area contributed by atoms with Crippen molar-refractivity contribution in [2.45, 2.75) is 32.9 Å². The third-order valence-corrected chi connectivity index (χ3v) is 3.71. The first-order valence-electron chi connectivity index (χ1n) is 6.63. The molecule has 102 valence electrons. The number of aliphatic hydroxyl groups excluding tert-OH is 1. The number of aryl methyl sites for hydroxylation is 2. The van der Waals surface area contributed by atoms with E-state index in [4.69, 9.17) is 4.74 Å². The third-order valence-electron chi connectivity index (χ3n) is 3.71. The summed E-state index contributed by atoms with van der Waals surface area (Å²) in [5.41, 5.74) is 3.14. The Labute approximate surface area is 112 Å². The highest BCUT2D eigenvalue weighted by Crippen LogP contribution is 2.23. The Morgan fingerprint density at radius 1 is 1.37 bits per heavy atom. The van der Waals surface area contributed by atoms with Crippen LogP contribution < -0.4 is 0 Å². The van der Waals surface area contributed by atoms with Gasteiger partial charge in [-0.3, -0.25) is 4.68 Å². The van der Waals surface area contributed by atoms with Crippen molar-refractivity contribution < 1.29 is 9.84 Å². The van der Waals surface area contributed by atoms with Crippen LogP contribution in [-0.2, 0) is 11.3 Å². The first kappa shape index (κ1) is 12.4. The Kier molecular flexibility index (Phi) is 3.16. The van der Waals surface area contributed by atoms with Crippen LogP contribution in [0.15, 0.2) is 18.2 Å². The molecule has 0 spiro atoms. The van der Waals surface area contributed by atoms with Gasteiger partial charge in [-0.05, 0) is 32.4 Å². The first-order valence-corrected chi connectivity index (χ1v) is 6.63. The third kappa shape index (κ3) is 2.09. The minimum absolute atomic E-state index is 0.00284. The van der Waals surface area contributed by atoms with Gasteiger partial charge in [-0.1, -0.05) is 0 Å². The minimum Gasteiger partial charge on any atom is -0.390 e. The van der Waals surface area contributed by atoms with Crippen molar-refractivity contribution in [3.63, 3.8) is 0 Å². The minimum atomic E-state index is 0.00284. The van der Waals surface area contributed by atoms with Crippen molar-refractivity contribution in [1.82, 2.24) is 14.3 Å². The van der Waals surface area contributed by atoms with E-state index in [2.05, 4.69) is 35.6 Å². The molecule has 5 nitrogen and oxygen atoms in total. The lowest BCUT2D eigenvalue weighted by Gasteiger charge is -2.11. The van der Waals surface area contributed by atoms with Gasteiger partial charge in [0.05, 0.1) is 24.9 Å². The van der Waals surface area contributed by atoms with Gasteiger partial charge in [-0.2, -0.15) is 5.10 Å². The Bertz CT molecular complexity index is 560. The predicted molar refractivity (Wildman–Crippen MR) is 71.4 cm³/mol. The smallest absolute Gasteiger partial charge is 0.159 e. The number of hydrogen-bond acceptors (Lipinski definition) is 3. The molecule has 0 bridgehead atoms. The highest BCUT2D eigenvalue weighted by molar-refractivity contribution is 5.33. The second-order valence-electron chi connectivity index (χ2n) is 5.07. The maximum absolute atomic E-state index is 9.52. The molecule has 5 heteroatoms. The Morgan fingerprint density at radius 2 is 2.11 bits per heavy atom. The Balaban J connectivity index is 2.04. The number of aromatic nitrogens is 3. The lowest BCUT2D eigenvalue weighted by Crippen LogP contribution is -2.14. The number of nitrogens with zero attached hydrogens (tertiary/aromatic N) is 3. The van der Waals surface area contributed by atoms with Crippen LogP contribution in [0.25, 0.3) is 5.82 Å². The van der Waals surface area contributed by atoms with Gasteiger partial charge in [0.2, 0.25) is 0 Å². The second-order valence-corrected chi connectivity index (χ2v) is 5.07. The van der Waals surface area contributed by atoms with E-state index in [1.54, 1.807) is 0 Å². The van der Waals surface area contributed by atoms with Gasteiger partial charge in [0, 0.05) is 24.1 Å². The van der Waals surface area contributed by atoms with E-state index in [-0.39, 0.29) is 12.6 Å². The SMILES string of the molecule is Cc1ccc(C)n1-c1cc(CO)n([C@H]2CCOC2)n1. The van der Waals surface area contributed by atoms with E-state index < -0.39 is 0 Å². The van der Waals surface area contributed by atoms with Gasteiger partial charge < -0.3 is 14.4 Å². The molecule has 0 aromatic carbocycles. The molecule has 0 radical (unpaired) electrons. The van der Waals surface area contributed by atoms with Crippen LogP contribution in [0.3, 0.4) is 0 Å². The first-order chi connectivity index (χ1) is 9.20. The maximum atomic E-state index is 9.52. The van der Waals surface area contributed by atoms with Crippen LogP contribution in [0.4, 0.5) is 0 Å². The van der Waals surface area contributed by atoms with Gasteiger partial charge in [0.15, 0.2) is 5.82 Å². The molecule has 2 aromatic heterocycles. The summed E-state index contributed by atoms with van der Waals surface area (Å²) >= 11 is 0. The zero-order chi connectivity index (χ0) is 13.4. The fourth-order valence-corrected chi connectivity index (χ4v) is 2.71. The Hall–Kier alpha value is -1.59. The fraction of sp³-hybridized carbons (Fsp3) is 0.500. The summed E-state index contributed by atoms with van der Waals surface area (Å²) in [6.45, 7) is 5.57. The molecular weight excluding hydrogens is 242 g/mol. The van der Waals surface area contributed by atoms with Crippen LogP contribution in [0.2, 0.25) is 0 Å². The summed E-state index contributed by atoms with van der Waals surface area (Å²) in [7, 11) is 0. The quantitative estimate of drug-likeness (QED) is 0.915. The number of aliphatic hydroxyl groups is 1. The molecule has 0 amide bonds. The number of ether oxygens (including phenoxy) is 1. The molecule has 1 aliphatic heterocycles. The predicted octanol–water partition coefficient (Wildman–Crippen LogP) is 1.74. The molecule has 2 aromatic rings. The second kappa shape index (κ2) is 4.83. The lowest BCUT2D eigenvalue weighted by molar-refractivity contribution is 0.181. The molecule has 0 saturated carbocycles. The molecule has 0 unspecified atom stereocenters. The molecule has 1 N–H and O–H groups in total. The van der Waals surface area contributed by atoms with Crippen LogP contribution in [-0.4, -0.2) is 32.7 Å². The van der Waals surface area contributed by atoms with Crippen molar-refractivity contribution in [2.24, 2.45) is 0 Å². The molecule has 3 rings (SSSR count). The zero-order valence-corrected chi connectivity index (χ0v) is 11.3. The van der Waals surface area contributed by atoms with Crippen molar-refractivity contribution in [1.29, 1.82) is 0 Å². The summed E-state index contributed by atoms with van der Waals surface area (Å²) in [5, 5.41) is 14.2. The van der Waals surface area contributed by atoms with E-state index in [9.17, 15) is 5.11 Å². The van der Waals surface area contributed by atoms with Crippen LogP contribution in [0.5, 0.6) is 0 Å². The summed E-state index contributed by atoms with van der Waals surface area (Å²) in [6.07, 6.45) is 0.956. The van der Waals surface area contributed by atoms with E-state index in [0.29, 0.717) is 6.61 Å². The highest BCUT2D eigenvalue weighted by Gasteiger charge is 2.22. The van der Waals surface area contributed by atoms with Crippen LogP contribution in [0.1, 0.15) is 29.5 Å². The number of rotatable bonds is 3. The molecular formula is C14H19N3O2. The Morgan fingerprint density at radius 3 is 2.68 bits per heavy atom. The van der Waals surface area contributed by atoms with E-state index in [1.807, 2.05) is 10.7 Å². The molecule has 1 fully saturated rings. The summed E-state index contributed by atoms with van der Waals surface area (Å²) in [4.78, 5) is 0. The molecule has 19 heavy (non-hydrogen) atoms. The monoisotopic (exact) mass is 261 g/mol. The lowest BCUT2D eigenvalue weighted by atomic mass is 10.2. The highest BCUT2D eigenvalue weighted by atomic mass is 16.5. The van der Waals surface area contributed by atoms with Crippen molar-refractivity contribution in [3.8, 4) is 5.82 Å². The van der Waals surface area contributed by atoms with Crippen molar-refractivity contribution in [2.75, 3.05) is 13.2 Å². The topological polar surface area (TPSA) is 52.2 Å². The maximum Gasteiger partial charge on any atom is 0.159 e. The molecule has 1 atom stereocenters.